The van der Waals surface area contributed by atoms with Crippen molar-refractivity contribution in [3.8, 4) is 0 Å². The number of benzene rings is 2. The lowest BCUT2D eigenvalue weighted by atomic mass is 9.90. The molecule has 31 heavy (non-hydrogen) atoms. The van der Waals surface area contributed by atoms with E-state index < -0.39 is 0 Å². The van der Waals surface area contributed by atoms with Gasteiger partial charge in [-0.15, -0.1) is 10.2 Å². The maximum absolute atomic E-state index is 12.9. The quantitative estimate of drug-likeness (QED) is 0.335. The Kier molecular flexibility index (Phi) is 5.36. The van der Waals surface area contributed by atoms with E-state index in [1.54, 1.807) is 4.57 Å². The van der Waals surface area contributed by atoms with Crippen molar-refractivity contribution >= 4 is 34.2 Å². The van der Waals surface area contributed by atoms with Crippen LogP contribution in [-0.2, 0) is 19.4 Å². The van der Waals surface area contributed by atoms with Crippen molar-refractivity contribution in [2.24, 2.45) is 0 Å². The van der Waals surface area contributed by atoms with Crippen molar-refractivity contribution in [3.63, 3.8) is 0 Å². The van der Waals surface area contributed by atoms with Crippen molar-refractivity contribution < 1.29 is 4.79 Å². The van der Waals surface area contributed by atoms with Crippen molar-refractivity contribution in [2.75, 3.05) is 5.75 Å². The van der Waals surface area contributed by atoms with Crippen molar-refractivity contribution in [1.82, 2.24) is 19.2 Å². The van der Waals surface area contributed by atoms with E-state index >= 15 is 0 Å². The minimum absolute atomic E-state index is 0.0564. The molecule has 0 saturated carbocycles. The molecule has 158 valence electrons. The first-order valence-corrected chi connectivity index (χ1v) is 11.8. The first-order chi connectivity index (χ1) is 15.2. The number of carbonyl (C=O) groups is 1. The van der Waals surface area contributed by atoms with E-state index in [1.807, 2.05) is 41.7 Å². The minimum Gasteiger partial charge on any atom is -0.293 e. The average Bonchev–Trinajstić information content (AvgIpc) is 3.24. The molecule has 0 aliphatic heterocycles. The van der Waals surface area contributed by atoms with Gasteiger partial charge in [-0.05, 0) is 61.4 Å². The number of Topliss-reactive ketones (excluding diaryl/α,β-unsaturated/α-hetero) is 1. The van der Waals surface area contributed by atoms with Crippen LogP contribution in [0.5, 0.6) is 0 Å². The van der Waals surface area contributed by atoms with Crippen LogP contribution >= 0.6 is 11.8 Å². The van der Waals surface area contributed by atoms with Gasteiger partial charge in [-0.1, -0.05) is 43.0 Å². The summed E-state index contributed by atoms with van der Waals surface area (Å²) in [6, 6.07) is 13.6. The number of aromatic nitrogens is 4. The van der Waals surface area contributed by atoms with Crippen LogP contribution in [0, 0.1) is 0 Å². The third-order valence-electron chi connectivity index (χ3n) is 5.93. The van der Waals surface area contributed by atoms with Crippen LogP contribution in [0.3, 0.4) is 0 Å². The average molecular weight is 433 g/mol. The normalized spacial score (nSPS) is 13.6. The van der Waals surface area contributed by atoms with Gasteiger partial charge in [0.05, 0.1) is 16.7 Å². The molecular formula is C24H24N4O2S. The maximum atomic E-state index is 12.9. The second kappa shape index (κ2) is 8.30. The lowest BCUT2D eigenvalue weighted by Gasteiger charge is -2.16. The van der Waals surface area contributed by atoms with Crippen LogP contribution in [0.1, 0.15) is 47.7 Å². The molecule has 2 aromatic heterocycles. The second-order valence-electron chi connectivity index (χ2n) is 7.99. The fourth-order valence-electron chi connectivity index (χ4n) is 4.37. The van der Waals surface area contributed by atoms with Gasteiger partial charge in [-0.3, -0.25) is 18.6 Å². The summed E-state index contributed by atoms with van der Waals surface area (Å²) in [6.07, 6.45) is 5.40. The molecule has 2 heterocycles. The van der Waals surface area contributed by atoms with E-state index in [0.717, 1.165) is 30.3 Å². The number of ketones is 1. The molecule has 0 fully saturated rings. The van der Waals surface area contributed by atoms with E-state index in [0.29, 0.717) is 22.9 Å². The molecule has 2 aromatic carbocycles. The fraction of sp³-hybridized carbons (Fsp3) is 0.333. The molecule has 5 rings (SSSR count). The third-order valence-corrected chi connectivity index (χ3v) is 6.86. The zero-order valence-electron chi connectivity index (χ0n) is 17.5. The molecule has 6 nitrogen and oxygen atoms in total. The van der Waals surface area contributed by atoms with Gasteiger partial charge in [0.2, 0.25) is 5.78 Å². The van der Waals surface area contributed by atoms with Crippen molar-refractivity contribution in [2.45, 2.75) is 50.7 Å². The Labute approximate surface area is 184 Å². The van der Waals surface area contributed by atoms with Gasteiger partial charge in [0, 0.05) is 12.1 Å². The molecule has 1 aliphatic carbocycles. The number of hydrogen-bond donors (Lipinski definition) is 0. The highest BCUT2D eigenvalue weighted by atomic mass is 32.2. The number of aryl methyl sites for hydroxylation is 3. The lowest BCUT2D eigenvalue weighted by molar-refractivity contribution is 0.102. The first-order valence-electron chi connectivity index (χ1n) is 10.8. The van der Waals surface area contributed by atoms with Gasteiger partial charge in [0.1, 0.15) is 0 Å². The molecule has 0 bridgehead atoms. The highest BCUT2D eigenvalue weighted by molar-refractivity contribution is 7.99. The van der Waals surface area contributed by atoms with E-state index in [9.17, 15) is 9.59 Å². The van der Waals surface area contributed by atoms with E-state index in [1.165, 1.54) is 35.7 Å². The molecule has 0 saturated heterocycles. The fourth-order valence-corrected chi connectivity index (χ4v) is 5.21. The van der Waals surface area contributed by atoms with E-state index in [2.05, 4.69) is 22.3 Å². The van der Waals surface area contributed by atoms with Crippen LogP contribution in [0.2, 0.25) is 0 Å². The molecule has 1 aliphatic rings. The topological polar surface area (TPSA) is 69.3 Å². The molecule has 0 unspecified atom stereocenters. The summed E-state index contributed by atoms with van der Waals surface area (Å²) in [5.41, 5.74) is 4.15. The molecule has 0 amide bonds. The third kappa shape index (κ3) is 3.57. The van der Waals surface area contributed by atoms with Crippen LogP contribution in [-0.4, -0.2) is 30.7 Å². The second-order valence-corrected chi connectivity index (χ2v) is 8.94. The molecule has 0 N–H and O–H groups in total. The monoisotopic (exact) mass is 432 g/mol. The zero-order chi connectivity index (χ0) is 21.4. The number of hydrogen-bond acceptors (Lipinski definition) is 5. The highest BCUT2D eigenvalue weighted by Gasteiger charge is 2.18. The highest BCUT2D eigenvalue weighted by Crippen LogP contribution is 2.25. The number of rotatable bonds is 6. The van der Waals surface area contributed by atoms with Crippen molar-refractivity contribution in [1.29, 1.82) is 0 Å². The summed E-state index contributed by atoms with van der Waals surface area (Å²) < 4.78 is 3.57. The predicted molar refractivity (Wildman–Crippen MR) is 123 cm³/mol. The Bertz CT molecular complexity index is 1360. The Hall–Kier alpha value is -2.93. The summed E-state index contributed by atoms with van der Waals surface area (Å²) in [5.74, 6) is 0.886. The molecule has 4 aromatic rings. The number of nitrogens with zero attached hydrogens (tertiary/aromatic N) is 4. The Morgan fingerprint density at radius 1 is 1.06 bits per heavy atom. The number of carbonyl (C=O) groups excluding carboxylic acids is 1. The first kappa shape index (κ1) is 20.0. The Balaban J connectivity index is 1.48. The summed E-state index contributed by atoms with van der Waals surface area (Å²) in [6.45, 7) is 2.60. The molecular weight excluding hydrogens is 408 g/mol. The standard InChI is InChI=1S/C24H24N4O2S/c1-2-13-27-22(30)19-9-5-6-10-20(19)28-23(27)25-26-24(28)31-15-21(29)18-12-11-16-7-3-4-8-17(16)14-18/h5-6,9-12,14H,2-4,7-8,13,15H2,1H3. The van der Waals surface area contributed by atoms with Crippen LogP contribution in [0.15, 0.2) is 52.4 Å². The van der Waals surface area contributed by atoms with Gasteiger partial charge >= 0.3 is 0 Å². The molecule has 0 radical (unpaired) electrons. The number of fused-ring (bicyclic) bond motifs is 4. The largest absolute Gasteiger partial charge is 0.293 e. The van der Waals surface area contributed by atoms with Crippen LogP contribution in [0.25, 0.3) is 16.7 Å². The van der Waals surface area contributed by atoms with Gasteiger partial charge in [0.25, 0.3) is 5.56 Å². The Morgan fingerprint density at radius 2 is 1.87 bits per heavy atom. The van der Waals surface area contributed by atoms with Gasteiger partial charge in [-0.2, -0.15) is 0 Å². The minimum atomic E-state index is -0.0564. The Morgan fingerprint density at radius 3 is 2.71 bits per heavy atom. The molecule has 7 heteroatoms. The SMILES string of the molecule is CCCn1c(=O)c2ccccc2n2c(SCC(=O)c3ccc4c(c3)CCCC4)nnc12. The molecule has 0 atom stereocenters. The van der Waals surface area contributed by atoms with E-state index in [-0.39, 0.29) is 17.1 Å². The lowest BCUT2D eigenvalue weighted by Crippen LogP contribution is -2.23. The van der Waals surface area contributed by atoms with Gasteiger partial charge in [0.15, 0.2) is 10.9 Å². The van der Waals surface area contributed by atoms with Crippen LogP contribution < -0.4 is 5.56 Å². The summed E-state index contributed by atoms with van der Waals surface area (Å²) >= 11 is 1.37. The number of thioether (sulfide) groups is 1. The number of para-hydroxylation sites is 1. The summed E-state index contributed by atoms with van der Waals surface area (Å²) in [7, 11) is 0. The molecule has 0 spiro atoms. The zero-order valence-corrected chi connectivity index (χ0v) is 18.3. The summed E-state index contributed by atoms with van der Waals surface area (Å²) in [5, 5.41) is 9.89. The van der Waals surface area contributed by atoms with Gasteiger partial charge < -0.3 is 0 Å². The van der Waals surface area contributed by atoms with Crippen LogP contribution in [0.4, 0.5) is 0 Å². The smallest absolute Gasteiger partial charge is 0.262 e. The summed E-state index contributed by atoms with van der Waals surface area (Å²) in [4.78, 5) is 25.8. The predicted octanol–water partition coefficient (Wildman–Crippen LogP) is 4.31. The van der Waals surface area contributed by atoms with Crippen molar-refractivity contribution in [3.05, 3.63) is 69.5 Å². The maximum Gasteiger partial charge on any atom is 0.262 e. The van der Waals surface area contributed by atoms with Gasteiger partial charge in [-0.25, -0.2) is 0 Å². The van der Waals surface area contributed by atoms with E-state index in [4.69, 9.17) is 0 Å².